The summed E-state index contributed by atoms with van der Waals surface area (Å²) in [5, 5.41) is 2.60. The molecule has 118 valence electrons. The number of ether oxygens (including phenoxy) is 1. The molecule has 0 aliphatic heterocycles. The van der Waals surface area contributed by atoms with Crippen molar-refractivity contribution in [3.05, 3.63) is 29.8 Å². The van der Waals surface area contributed by atoms with Crippen LogP contribution in [0, 0.1) is 0 Å². The molecule has 0 atom stereocenters. The molecule has 0 aromatic heterocycles. The second-order valence-corrected chi connectivity index (χ2v) is 6.49. The minimum Gasteiger partial charge on any atom is -0.483 e. The van der Waals surface area contributed by atoms with Gasteiger partial charge in [-0.25, -0.2) is 13.1 Å². The second-order valence-electron chi connectivity index (χ2n) is 4.40. The van der Waals surface area contributed by atoms with Crippen LogP contribution in [0.2, 0.25) is 0 Å². The molecule has 0 bridgehead atoms. The topological polar surface area (TPSA) is 84.5 Å². The summed E-state index contributed by atoms with van der Waals surface area (Å²) in [5.74, 6) is 0.441. The first-order valence-electron chi connectivity index (χ1n) is 6.93. The first kappa shape index (κ1) is 17.5. The number of aryl methyl sites for hydroxylation is 1. The van der Waals surface area contributed by atoms with Crippen molar-refractivity contribution >= 4 is 15.9 Å². The largest absolute Gasteiger partial charge is 0.483 e. The van der Waals surface area contributed by atoms with Crippen LogP contribution in [0.15, 0.2) is 24.3 Å². The maximum absolute atomic E-state index is 11.6. The molecule has 0 fully saturated rings. The maximum Gasteiger partial charge on any atom is 0.257 e. The van der Waals surface area contributed by atoms with Crippen molar-refractivity contribution in [1.29, 1.82) is 0 Å². The van der Waals surface area contributed by atoms with Crippen LogP contribution in [0.1, 0.15) is 19.4 Å². The molecule has 0 aliphatic rings. The number of hydrogen-bond acceptors (Lipinski definition) is 4. The van der Waals surface area contributed by atoms with Gasteiger partial charge in [0.15, 0.2) is 6.61 Å². The summed E-state index contributed by atoms with van der Waals surface area (Å²) in [4.78, 5) is 11.6. The van der Waals surface area contributed by atoms with E-state index in [-0.39, 0.29) is 31.4 Å². The number of para-hydroxylation sites is 1. The molecule has 1 aromatic carbocycles. The van der Waals surface area contributed by atoms with Gasteiger partial charge in [-0.05, 0) is 25.0 Å². The fraction of sp³-hybridized carbons (Fsp3) is 0.500. The summed E-state index contributed by atoms with van der Waals surface area (Å²) < 4.78 is 30.2. The van der Waals surface area contributed by atoms with E-state index in [9.17, 15) is 13.2 Å². The minimum atomic E-state index is -3.21. The van der Waals surface area contributed by atoms with Gasteiger partial charge in [0.25, 0.3) is 5.91 Å². The average Bonchev–Trinajstić information content (AvgIpc) is 2.49. The molecule has 7 heteroatoms. The zero-order valence-electron chi connectivity index (χ0n) is 12.4. The Morgan fingerprint density at radius 2 is 1.90 bits per heavy atom. The first-order valence-corrected chi connectivity index (χ1v) is 8.58. The Balaban J connectivity index is 2.28. The molecule has 0 saturated heterocycles. The molecule has 0 aliphatic carbocycles. The van der Waals surface area contributed by atoms with Gasteiger partial charge >= 0.3 is 0 Å². The normalized spacial score (nSPS) is 11.1. The zero-order valence-corrected chi connectivity index (χ0v) is 13.2. The Hall–Kier alpha value is -1.60. The zero-order chi connectivity index (χ0) is 15.7. The molecular weight excluding hydrogens is 292 g/mol. The van der Waals surface area contributed by atoms with E-state index in [1.54, 1.807) is 6.92 Å². The monoisotopic (exact) mass is 314 g/mol. The van der Waals surface area contributed by atoms with Gasteiger partial charge in [0.2, 0.25) is 10.0 Å². The van der Waals surface area contributed by atoms with Gasteiger partial charge in [-0.1, -0.05) is 25.1 Å². The SMILES string of the molecule is CCc1ccccc1OCC(=O)NCCNS(=O)(=O)CC. The number of amides is 1. The number of sulfonamides is 1. The summed E-state index contributed by atoms with van der Waals surface area (Å²) in [7, 11) is -3.21. The molecule has 2 N–H and O–H groups in total. The van der Waals surface area contributed by atoms with Gasteiger partial charge < -0.3 is 10.1 Å². The Morgan fingerprint density at radius 3 is 2.57 bits per heavy atom. The Kier molecular flexibility index (Phi) is 7.18. The molecule has 21 heavy (non-hydrogen) atoms. The molecule has 1 aromatic rings. The van der Waals surface area contributed by atoms with Crippen LogP contribution in [0.3, 0.4) is 0 Å². The van der Waals surface area contributed by atoms with E-state index in [0.717, 1.165) is 12.0 Å². The van der Waals surface area contributed by atoms with Crippen molar-refractivity contribution < 1.29 is 17.9 Å². The predicted molar refractivity (Wildman–Crippen MR) is 81.8 cm³/mol. The van der Waals surface area contributed by atoms with Gasteiger partial charge in [-0.3, -0.25) is 4.79 Å². The van der Waals surface area contributed by atoms with Crippen molar-refractivity contribution in [2.24, 2.45) is 0 Å². The van der Waals surface area contributed by atoms with E-state index in [4.69, 9.17) is 4.74 Å². The number of rotatable bonds is 9. The lowest BCUT2D eigenvalue weighted by atomic mass is 10.1. The number of carbonyl (C=O) groups is 1. The van der Waals surface area contributed by atoms with E-state index in [1.807, 2.05) is 31.2 Å². The van der Waals surface area contributed by atoms with Crippen molar-refractivity contribution in [3.8, 4) is 5.75 Å². The lowest BCUT2D eigenvalue weighted by Gasteiger charge is -2.10. The van der Waals surface area contributed by atoms with Crippen molar-refractivity contribution in [2.45, 2.75) is 20.3 Å². The van der Waals surface area contributed by atoms with Crippen LogP contribution >= 0.6 is 0 Å². The van der Waals surface area contributed by atoms with Crippen molar-refractivity contribution in [2.75, 3.05) is 25.4 Å². The molecule has 0 radical (unpaired) electrons. The van der Waals surface area contributed by atoms with Gasteiger partial charge in [0.1, 0.15) is 5.75 Å². The summed E-state index contributed by atoms with van der Waals surface area (Å²) in [6, 6.07) is 7.55. The third-order valence-corrected chi connectivity index (χ3v) is 4.27. The van der Waals surface area contributed by atoms with E-state index >= 15 is 0 Å². The predicted octanol–water partition coefficient (Wildman–Crippen LogP) is 0.683. The van der Waals surface area contributed by atoms with Gasteiger partial charge in [-0.15, -0.1) is 0 Å². The standard InChI is InChI=1S/C14H22N2O4S/c1-3-12-7-5-6-8-13(12)20-11-14(17)15-9-10-16-21(18,19)4-2/h5-8,16H,3-4,9-11H2,1-2H3,(H,15,17). The van der Waals surface area contributed by atoms with Crippen LogP contribution < -0.4 is 14.8 Å². The fourth-order valence-corrected chi connectivity index (χ4v) is 2.26. The summed E-state index contributed by atoms with van der Waals surface area (Å²) in [6.45, 7) is 3.89. The number of carbonyl (C=O) groups excluding carboxylic acids is 1. The lowest BCUT2D eigenvalue weighted by Crippen LogP contribution is -2.37. The van der Waals surface area contributed by atoms with E-state index in [0.29, 0.717) is 5.75 Å². The number of hydrogen-bond donors (Lipinski definition) is 2. The molecule has 0 heterocycles. The quantitative estimate of drug-likeness (QED) is 0.657. The molecule has 1 amide bonds. The highest BCUT2D eigenvalue weighted by atomic mass is 32.2. The molecule has 0 saturated carbocycles. The van der Waals surface area contributed by atoms with Crippen molar-refractivity contribution in [3.63, 3.8) is 0 Å². The van der Waals surface area contributed by atoms with Crippen molar-refractivity contribution in [1.82, 2.24) is 10.0 Å². The third kappa shape index (κ3) is 6.59. The molecule has 0 spiro atoms. The first-order chi connectivity index (χ1) is 9.98. The number of nitrogens with one attached hydrogen (secondary N) is 2. The molecule has 6 nitrogen and oxygen atoms in total. The molecule has 0 unspecified atom stereocenters. The summed E-state index contributed by atoms with van der Waals surface area (Å²) >= 11 is 0. The van der Waals surface area contributed by atoms with Gasteiger partial charge in [0.05, 0.1) is 5.75 Å². The average molecular weight is 314 g/mol. The minimum absolute atomic E-state index is 0.0257. The molecule has 1 rings (SSSR count). The van der Waals surface area contributed by atoms with Crippen LogP contribution in [-0.4, -0.2) is 39.8 Å². The van der Waals surface area contributed by atoms with Gasteiger partial charge in [0, 0.05) is 13.1 Å². The highest BCUT2D eigenvalue weighted by molar-refractivity contribution is 7.89. The highest BCUT2D eigenvalue weighted by Crippen LogP contribution is 2.17. The Morgan fingerprint density at radius 1 is 1.19 bits per heavy atom. The van der Waals surface area contributed by atoms with Crippen LogP contribution in [0.5, 0.6) is 5.75 Å². The Bertz CT molecular complexity index is 558. The summed E-state index contributed by atoms with van der Waals surface area (Å²) in [5.41, 5.74) is 1.04. The van der Waals surface area contributed by atoms with E-state index in [2.05, 4.69) is 10.0 Å². The fourth-order valence-electron chi connectivity index (χ4n) is 1.64. The molecular formula is C14H22N2O4S. The van der Waals surface area contributed by atoms with Crippen LogP contribution in [-0.2, 0) is 21.2 Å². The summed E-state index contributed by atoms with van der Waals surface area (Å²) in [6.07, 6.45) is 0.830. The van der Waals surface area contributed by atoms with Gasteiger partial charge in [-0.2, -0.15) is 0 Å². The highest BCUT2D eigenvalue weighted by Gasteiger charge is 2.07. The van der Waals surface area contributed by atoms with Crippen LogP contribution in [0.4, 0.5) is 0 Å². The van der Waals surface area contributed by atoms with E-state index in [1.165, 1.54) is 0 Å². The Labute approximate surface area is 125 Å². The second kappa shape index (κ2) is 8.63. The third-order valence-electron chi connectivity index (χ3n) is 2.86. The number of benzene rings is 1. The maximum atomic E-state index is 11.6. The lowest BCUT2D eigenvalue weighted by molar-refractivity contribution is -0.123. The van der Waals surface area contributed by atoms with Crippen LogP contribution in [0.25, 0.3) is 0 Å². The smallest absolute Gasteiger partial charge is 0.257 e. The van der Waals surface area contributed by atoms with E-state index < -0.39 is 10.0 Å².